The molecule has 0 aliphatic carbocycles. The SMILES string of the molecule is Cc1cc(C(=O)N(CCc2ccccc2)Cc2cnc[nH]2)n(C)n1. The van der Waals surface area contributed by atoms with Crippen molar-refractivity contribution in [1.29, 1.82) is 0 Å². The molecule has 0 saturated heterocycles. The van der Waals surface area contributed by atoms with E-state index < -0.39 is 0 Å². The van der Waals surface area contributed by atoms with Crippen molar-refractivity contribution < 1.29 is 4.79 Å². The van der Waals surface area contributed by atoms with Gasteiger partial charge in [-0.15, -0.1) is 0 Å². The summed E-state index contributed by atoms with van der Waals surface area (Å²) in [6, 6.07) is 12.0. The fourth-order valence-electron chi connectivity index (χ4n) is 2.71. The fraction of sp³-hybridized carbons (Fsp3) is 0.278. The Balaban J connectivity index is 1.78. The number of amides is 1. The lowest BCUT2D eigenvalue weighted by Crippen LogP contribution is -2.34. The van der Waals surface area contributed by atoms with Gasteiger partial charge in [0.05, 0.1) is 24.3 Å². The Bertz CT molecular complexity index is 792. The van der Waals surface area contributed by atoms with Gasteiger partial charge in [0, 0.05) is 19.8 Å². The van der Waals surface area contributed by atoms with Crippen LogP contribution < -0.4 is 0 Å². The summed E-state index contributed by atoms with van der Waals surface area (Å²) in [5.74, 6) is -0.0244. The molecule has 3 aromatic rings. The summed E-state index contributed by atoms with van der Waals surface area (Å²) in [5, 5.41) is 4.28. The van der Waals surface area contributed by atoms with Crippen LogP contribution in [0.15, 0.2) is 48.9 Å². The molecule has 2 heterocycles. The molecule has 1 aromatic carbocycles. The molecule has 6 nitrogen and oxygen atoms in total. The topological polar surface area (TPSA) is 66.8 Å². The van der Waals surface area contributed by atoms with Gasteiger partial charge >= 0.3 is 0 Å². The van der Waals surface area contributed by atoms with Crippen LogP contribution in [0.2, 0.25) is 0 Å². The monoisotopic (exact) mass is 323 g/mol. The van der Waals surface area contributed by atoms with Gasteiger partial charge in [0.25, 0.3) is 5.91 Å². The lowest BCUT2D eigenvalue weighted by atomic mass is 10.1. The molecule has 1 amide bonds. The number of aromatic nitrogens is 4. The average molecular weight is 323 g/mol. The Morgan fingerprint density at radius 3 is 2.71 bits per heavy atom. The van der Waals surface area contributed by atoms with Crippen LogP contribution in [0, 0.1) is 6.92 Å². The average Bonchev–Trinajstić information content (AvgIpc) is 3.21. The van der Waals surface area contributed by atoms with E-state index in [9.17, 15) is 4.79 Å². The lowest BCUT2D eigenvalue weighted by molar-refractivity contribution is 0.0732. The van der Waals surface area contributed by atoms with Gasteiger partial charge in [-0.1, -0.05) is 30.3 Å². The maximum absolute atomic E-state index is 13.0. The van der Waals surface area contributed by atoms with E-state index in [0.717, 1.165) is 17.8 Å². The number of carbonyl (C=O) groups is 1. The van der Waals surface area contributed by atoms with Crippen LogP contribution >= 0.6 is 0 Å². The van der Waals surface area contributed by atoms with E-state index in [1.807, 2.05) is 36.1 Å². The second-order valence-corrected chi connectivity index (χ2v) is 5.83. The second-order valence-electron chi connectivity index (χ2n) is 5.83. The minimum absolute atomic E-state index is 0.0244. The van der Waals surface area contributed by atoms with Crippen molar-refractivity contribution in [2.45, 2.75) is 19.9 Å². The smallest absolute Gasteiger partial charge is 0.272 e. The van der Waals surface area contributed by atoms with E-state index in [4.69, 9.17) is 0 Å². The highest BCUT2D eigenvalue weighted by atomic mass is 16.2. The minimum Gasteiger partial charge on any atom is -0.347 e. The summed E-state index contributed by atoms with van der Waals surface area (Å²) in [6.07, 6.45) is 4.18. The number of hydrogen-bond donors (Lipinski definition) is 1. The molecule has 0 unspecified atom stereocenters. The lowest BCUT2D eigenvalue weighted by Gasteiger charge is -2.22. The van der Waals surface area contributed by atoms with E-state index in [0.29, 0.717) is 18.8 Å². The Hall–Kier alpha value is -2.89. The molecule has 0 fully saturated rings. The normalized spacial score (nSPS) is 10.8. The van der Waals surface area contributed by atoms with Crippen LogP contribution in [0.25, 0.3) is 0 Å². The molecule has 0 radical (unpaired) electrons. The van der Waals surface area contributed by atoms with Gasteiger partial charge in [0.1, 0.15) is 5.69 Å². The molecule has 124 valence electrons. The summed E-state index contributed by atoms with van der Waals surface area (Å²) in [5.41, 5.74) is 3.56. The third kappa shape index (κ3) is 3.71. The summed E-state index contributed by atoms with van der Waals surface area (Å²) >= 11 is 0. The van der Waals surface area contributed by atoms with Crippen molar-refractivity contribution in [1.82, 2.24) is 24.6 Å². The molecular formula is C18H21N5O. The van der Waals surface area contributed by atoms with E-state index >= 15 is 0 Å². The maximum Gasteiger partial charge on any atom is 0.272 e. The summed E-state index contributed by atoms with van der Waals surface area (Å²) in [7, 11) is 1.80. The number of hydrogen-bond acceptors (Lipinski definition) is 3. The largest absolute Gasteiger partial charge is 0.347 e. The zero-order valence-corrected chi connectivity index (χ0v) is 13.9. The van der Waals surface area contributed by atoms with Crippen molar-refractivity contribution in [3.63, 3.8) is 0 Å². The number of aromatic amines is 1. The third-order valence-electron chi connectivity index (χ3n) is 3.94. The zero-order valence-electron chi connectivity index (χ0n) is 13.9. The van der Waals surface area contributed by atoms with Crippen LogP contribution in [-0.2, 0) is 20.0 Å². The number of carbonyl (C=O) groups excluding carboxylic acids is 1. The predicted octanol–water partition coefficient (Wildman–Crippen LogP) is 2.34. The first kappa shape index (κ1) is 16.0. The molecular weight excluding hydrogens is 302 g/mol. The standard InChI is InChI=1S/C18H21N5O/c1-14-10-17(22(2)21-14)18(24)23(12-16-11-19-13-20-16)9-8-15-6-4-3-5-7-15/h3-7,10-11,13H,8-9,12H2,1-2H3,(H,19,20). The van der Waals surface area contributed by atoms with Gasteiger partial charge in [0.15, 0.2) is 0 Å². The van der Waals surface area contributed by atoms with Crippen molar-refractivity contribution in [2.24, 2.45) is 7.05 Å². The van der Waals surface area contributed by atoms with Crippen molar-refractivity contribution in [3.05, 3.63) is 71.6 Å². The van der Waals surface area contributed by atoms with E-state index in [1.54, 1.807) is 24.3 Å². The van der Waals surface area contributed by atoms with Gasteiger partial charge in [0.2, 0.25) is 0 Å². The molecule has 2 aromatic heterocycles. The molecule has 0 spiro atoms. The minimum atomic E-state index is -0.0244. The fourth-order valence-corrected chi connectivity index (χ4v) is 2.71. The second kappa shape index (κ2) is 7.12. The highest BCUT2D eigenvalue weighted by molar-refractivity contribution is 5.92. The molecule has 0 aliphatic rings. The molecule has 0 bridgehead atoms. The van der Waals surface area contributed by atoms with Gasteiger partial charge in [-0.05, 0) is 25.0 Å². The van der Waals surface area contributed by atoms with Crippen LogP contribution in [0.5, 0.6) is 0 Å². The van der Waals surface area contributed by atoms with Gasteiger partial charge in [-0.3, -0.25) is 9.48 Å². The number of imidazole rings is 1. The molecule has 24 heavy (non-hydrogen) atoms. The zero-order chi connectivity index (χ0) is 16.9. The van der Waals surface area contributed by atoms with Crippen LogP contribution in [0.3, 0.4) is 0 Å². The van der Waals surface area contributed by atoms with Crippen LogP contribution in [0.1, 0.15) is 27.4 Å². The number of H-pyrrole nitrogens is 1. The van der Waals surface area contributed by atoms with Gasteiger partial charge in [-0.25, -0.2) is 4.98 Å². The predicted molar refractivity (Wildman–Crippen MR) is 91.4 cm³/mol. The summed E-state index contributed by atoms with van der Waals surface area (Å²) in [4.78, 5) is 21.9. The summed E-state index contributed by atoms with van der Waals surface area (Å²) < 4.78 is 1.64. The van der Waals surface area contributed by atoms with Gasteiger partial charge < -0.3 is 9.88 Å². The Morgan fingerprint density at radius 1 is 1.29 bits per heavy atom. The molecule has 0 aliphatic heterocycles. The van der Waals surface area contributed by atoms with E-state index in [1.165, 1.54) is 5.56 Å². The molecule has 0 atom stereocenters. The number of benzene rings is 1. The highest BCUT2D eigenvalue weighted by Gasteiger charge is 2.20. The first-order valence-corrected chi connectivity index (χ1v) is 7.94. The van der Waals surface area contributed by atoms with Crippen LogP contribution in [0.4, 0.5) is 0 Å². The number of rotatable bonds is 6. The van der Waals surface area contributed by atoms with E-state index in [-0.39, 0.29) is 5.91 Å². The quantitative estimate of drug-likeness (QED) is 0.757. The molecule has 0 saturated carbocycles. The van der Waals surface area contributed by atoms with Crippen molar-refractivity contribution in [3.8, 4) is 0 Å². The first-order valence-electron chi connectivity index (χ1n) is 7.94. The number of nitrogens with one attached hydrogen (secondary N) is 1. The Kier molecular flexibility index (Phi) is 4.74. The third-order valence-corrected chi connectivity index (χ3v) is 3.94. The van der Waals surface area contributed by atoms with Gasteiger partial charge in [-0.2, -0.15) is 5.10 Å². The van der Waals surface area contributed by atoms with E-state index in [2.05, 4.69) is 27.2 Å². The number of nitrogens with zero attached hydrogens (tertiary/aromatic N) is 4. The van der Waals surface area contributed by atoms with Crippen molar-refractivity contribution in [2.75, 3.05) is 6.54 Å². The Morgan fingerprint density at radius 2 is 2.08 bits per heavy atom. The molecule has 6 heteroatoms. The molecule has 1 N–H and O–H groups in total. The maximum atomic E-state index is 13.0. The van der Waals surface area contributed by atoms with Crippen molar-refractivity contribution >= 4 is 5.91 Å². The number of aryl methyl sites for hydroxylation is 2. The Labute approximate surface area is 141 Å². The molecule has 3 rings (SSSR count). The first-order chi connectivity index (χ1) is 11.6. The highest BCUT2D eigenvalue weighted by Crippen LogP contribution is 2.11. The summed E-state index contributed by atoms with van der Waals surface area (Å²) in [6.45, 7) is 3.02. The van der Waals surface area contributed by atoms with Crippen LogP contribution in [-0.4, -0.2) is 37.1 Å².